The van der Waals surface area contributed by atoms with Gasteiger partial charge in [0.05, 0.1) is 12.6 Å². The summed E-state index contributed by atoms with van der Waals surface area (Å²) in [7, 11) is 1.65. The van der Waals surface area contributed by atoms with E-state index in [1.165, 1.54) is 4.90 Å². The molecule has 0 saturated heterocycles. The van der Waals surface area contributed by atoms with E-state index in [9.17, 15) is 4.79 Å². The van der Waals surface area contributed by atoms with Gasteiger partial charge in [-0.05, 0) is 5.92 Å². The van der Waals surface area contributed by atoms with Gasteiger partial charge in [0.15, 0.2) is 0 Å². The molecule has 0 aromatic carbocycles. The average molecular weight is 188 g/mol. The quantitative estimate of drug-likeness (QED) is 0.628. The van der Waals surface area contributed by atoms with Crippen LogP contribution in [0, 0.1) is 5.92 Å². The first-order chi connectivity index (χ1) is 6.04. The number of nitrogens with two attached hydrogens (primary N) is 1. The lowest BCUT2D eigenvalue weighted by molar-refractivity contribution is -0.132. The molecular formula is C9H20N2O2. The normalized spacial score (nSPS) is 15.2. The van der Waals surface area contributed by atoms with Gasteiger partial charge in [0.1, 0.15) is 0 Å². The van der Waals surface area contributed by atoms with E-state index < -0.39 is 6.04 Å². The summed E-state index contributed by atoms with van der Waals surface area (Å²) in [5, 5.41) is 8.63. The van der Waals surface area contributed by atoms with Gasteiger partial charge >= 0.3 is 0 Å². The van der Waals surface area contributed by atoms with Crippen molar-refractivity contribution in [2.24, 2.45) is 11.7 Å². The van der Waals surface area contributed by atoms with Crippen LogP contribution in [-0.4, -0.2) is 42.2 Å². The number of nitrogens with zero attached hydrogens (tertiary/aromatic N) is 1. The van der Waals surface area contributed by atoms with E-state index in [4.69, 9.17) is 10.8 Å². The van der Waals surface area contributed by atoms with Gasteiger partial charge in [0.25, 0.3) is 0 Å². The molecule has 0 heterocycles. The second-order valence-electron chi connectivity index (χ2n) is 3.39. The maximum atomic E-state index is 11.5. The highest BCUT2D eigenvalue weighted by Gasteiger charge is 2.21. The number of carbonyl (C=O) groups is 1. The van der Waals surface area contributed by atoms with E-state index in [0.717, 1.165) is 6.42 Å². The highest BCUT2D eigenvalue weighted by atomic mass is 16.3. The molecule has 0 fully saturated rings. The largest absolute Gasteiger partial charge is 0.395 e. The van der Waals surface area contributed by atoms with Crippen molar-refractivity contribution in [3.63, 3.8) is 0 Å². The predicted octanol–water partition coefficient (Wildman–Crippen LogP) is -0.189. The van der Waals surface area contributed by atoms with Crippen LogP contribution in [-0.2, 0) is 4.79 Å². The van der Waals surface area contributed by atoms with Crippen molar-refractivity contribution < 1.29 is 9.90 Å². The van der Waals surface area contributed by atoms with Crippen molar-refractivity contribution >= 4 is 5.91 Å². The smallest absolute Gasteiger partial charge is 0.239 e. The molecule has 0 bridgehead atoms. The Bertz CT molecular complexity index is 162. The van der Waals surface area contributed by atoms with E-state index in [2.05, 4.69) is 0 Å². The molecule has 3 N–H and O–H groups in total. The van der Waals surface area contributed by atoms with Crippen LogP contribution >= 0.6 is 0 Å². The molecule has 0 saturated carbocycles. The van der Waals surface area contributed by atoms with Crippen molar-refractivity contribution in [1.29, 1.82) is 0 Å². The van der Waals surface area contributed by atoms with Crippen LogP contribution in [0.15, 0.2) is 0 Å². The first kappa shape index (κ1) is 12.4. The molecule has 0 rings (SSSR count). The second kappa shape index (κ2) is 5.94. The molecule has 4 heteroatoms. The molecule has 1 amide bonds. The third-order valence-electron chi connectivity index (χ3n) is 2.35. The van der Waals surface area contributed by atoms with Crippen molar-refractivity contribution in [2.45, 2.75) is 26.3 Å². The molecular weight excluding hydrogens is 168 g/mol. The monoisotopic (exact) mass is 188 g/mol. The Balaban J connectivity index is 4.08. The van der Waals surface area contributed by atoms with E-state index in [0.29, 0.717) is 6.54 Å². The first-order valence-corrected chi connectivity index (χ1v) is 4.66. The number of aliphatic hydroxyl groups excluding tert-OH is 1. The highest BCUT2D eigenvalue weighted by molar-refractivity contribution is 5.81. The maximum Gasteiger partial charge on any atom is 0.239 e. The van der Waals surface area contributed by atoms with Gasteiger partial charge in [-0.25, -0.2) is 0 Å². The van der Waals surface area contributed by atoms with Crippen molar-refractivity contribution in [1.82, 2.24) is 4.90 Å². The fraction of sp³-hybridized carbons (Fsp3) is 0.889. The third-order valence-corrected chi connectivity index (χ3v) is 2.35. The van der Waals surface area contributed by atoms with Gasteiger partial charge in [0.2, 0.25) is 5.91 Å². The van der Waals surface area contributed by atoms with Crippen LogP contribution in [0.5, 0.6) is 0 Å². The molecule has 2 atom stereocenters. The van der Waals surface area contributed by atoms with E-state index in [-0.39, 0.29) is 18.4 Å². The third kappa shape index (κ3) is 3.74. The minimum absolute atomic E-state index is 0.0184. The summed E-state index contributed by atoms with van der Waals surface area (Å²) in [5.74, 6) is 0.0945. The zero-order chi connectivity index (χ0) is 10.4. The zero-order valence-corrected chi connectivity index (χ0v) is 8.66. The molecule has 2 unspecified atom stereocenters. The summed E-state index contributed by atoms with van der Waals surface area (Å²) in [5.41, 5.74) is 5.73. The minimum Gasteiger partial charge on any atom is -0.395 e. The SMILES string of the molecule is CCC(C)C(N)C(=O)N(C)CCO. The lowest BCUT2D eigenvalue weighted by atomic mass is 9.99. The van der Waals surface area contributed by atoms with Gasteiger partial charge in [-0.15, -0.1) is 0 Å². The molecule has 0 spiro atoms. The van der Waals surface area contributed by atoms with Crippen molar-refractivity contribution in [2.75, 3.05) is 20.2 Å². The second-order valence-corrected chi connectivity index (χ2v) is 3.39. The summed E-state index contributed by atoms with van der Waals surface area (Å²) in [6.07, 6.45) is 0.889. The standard InChI is InChI=1S/C9H20N2O2/c1-4-7(2)8(10)9(13)11(3)5-6-12/h7-8,12H,4-6,10H2,1-3H3. The van der Waals surface area contributed by atoms with Gasteiger partial charge in [-0.1, -0.05) is 20.3 Å². The van der Waals surface area contributed by atoms with Crippen LogP contribution in [0.3, 0.4) is 0 Å². The lowest BCUT2D eigenvalue weighted by Crippen LogP contribution is -2.46. The number of aliphatic hydroxyl groups is 1. The number of likely N-dealkylation sites (N-methyl/N-ethyl adjacent to an activating group) is 1. The summed E-state index contributed by atoms with van der Waals surface area (Å²) >= 11 is 0. The van der Waals surface area contributed by atoms with E-state index in [1.54, 1.807) is 7.05 Å². The Morgan fingerprint density at radius 1 is 1.62 bits per heavy atom. The molecule has 0 radical (unpaired) electrons. The van der Waals surface area contributed by atoms with E-state index in [1.807, 2.05) is 13.8 Å². The average Bonchev–Trinajstić information content (AvgIpc) is 2.14. The molecule has 13 heavy (non-hydrogen) atoms. The Labute approximate surface area is 79.7 Å². The number of hydrogen-bond donors (Lipinski definition) is 2. The Hall–Kier alpha value is -0.610. The molecule has 4 nitrogen and oxygen atoms in total. The Morgan fingerprint density at radius 3 is 2.54 bits per heavy atom. The highest BCUT2D eigenvalue weighted by Crippen LogP contribution is 2.07. The molecule has 0 aromatic rings. The summed E-state index contributed by atoms with van der Waals surface area (Å²) in [4.78, 5) is 13.0. The molecule has 78 valence electrons. The Kier molecular flexibility index (Phi) is 5.66. The van der Waals surface area contributed by atoms with Crippen LogP contribution < -0.4 is 5.73 Å². The minimum atomic E-state index is -0.443. The summed E-state index contributed by atoms with van der Waals surface area (Å²) in [6, 6.07) is -0.443. The molecule has 0 aliphatic heterocycles. The van der Waals surface area contributed by atoms with Gasteiger partial charge in [-0.2, -0.15) is 0 Å². The number of hydrogen-bond acceptors (Lipinski definition) is 3. The van der Waals surface area contributed by atoms with Crippen molar-refractivity contribution in [3.8, 4) is 0 Å². The van der Waals surface area contributed by atoms with Crippen LogP contribution in [0.25, 0.3) is 0 Å². The van der Waals surface area contributed by atoms with Gasteiger partial charge in [0, 0.05) is 13.6 Å². The fourth-order valence-corrected chi connectivity index (χ4v) is 1.01. The van der Waals surface area contributed by atoms with Crippen LogP contribution in [0.2, 0.25) is 0 Å². The fourth-order valence-electron chi connectivity index (χ4n) is 1.01. The number of amides is 1. The Morgan fingerprint density at radius 2 is 2.15 bits per heavy atom. The maximum absolute atomic E-state index is 11.5. The van der Waals surface area contributed by atoms with Crippen LogP contribution in [0.1, 0.15) is 20.3 Å². The predicted molar refractivity (Wildman–Crippen MR) is 52.2 cm³/mol. The topological polar surface area (TPSA) is 66.6 Å². The van der Waals surface area contributed by atoms with E-state index >= 15 is 0 Å². The lowest BCUT2D eigenvalue weighted by Gasteiger charge is -2.23. The summed E-state index contributed by atoms with van der Waals surface area (Å²) < 4.78 is 0. The van der Waals surface area contributed by atoms with Crippen LogP contribution in [0.4, 0.5) is 0 Å². The van der Waals surface area contributed by atoms with Crippen molar-refractivity contribution in [3.05, 3.63) is 0 Å². The van der Waals surface area contributed by atoms with Gasteiger partial charge < -0.3 is 15.7 Å². The molecule has 0 aliphatic rings. The number of rotatable bonds is 5. The van der Waals surface area contributed by atoms with Gasteiger partial charge in [-0.3, -0.25) is 4.79 Å². The molecule has 0 aromatic heterocycles. The summed E-state index contributed by atoms with van der Waals surface area (Å²) in [6.45, 7) is 4.29. The number of carbonyl (C=O) groups excluding carboxylic acids is 1. The molecule has 0 aliphatic carbocycles. The first-order valence-electron chi connectivity index (χ1n) is 4.66. The zero-order valence-electron chi connectivity index (χ0n) is 8.66.